The van der Waals surface area contributed by atoms with Crippen LogP contribution < -0.4 is 15.0 Å². The largest absolute Gasteiger partial charge is 0.492 e. The number of carbonyl (C=O) groups is 1. The van der Waals surface area contributed by atoms with Gasteiger partial charge in [0, 0.05) is 24.4 Å². The molecule has 0 saturated carbocycles. The zero-order valence-electron chi connectivity index (χ0n) is 22.6. The van der Waals surface area contributed by atoms with Crippen LogP contribution in [0.15, 0.2) is 56.8 Å². The number of anilines is 1. The van der Waals surface area contributed by atoms with Gasteiger partial charge in [-0.15, -0.1) is 11.3 Å². The monoisotopic (exact) mass is 615 g/mol. The predicted octanol–water partition coefficient (Wildman–Crippen LogP) is 6.63. The first-order valence-electron chi connectivity index (χ1n) is 13.2. The molecule has 1 atom stereocenters. The molecule has 0 radical (unpaired) electrons. The van der Waals surface area contributed by atoms with E-state index in [1.165, 1.54) is 17.0 Å². The number of amides is 1. The van der Waals surface area contributed by atoms with Gasteiger partial charge in [0.05, 0.1) is 28.4 Å². The van der Waals surface area contributed by atoms with Gasteiger partial charge in [-0.2, -0.15) is 0 Å². The molecule has 1 fully saturated rings. The third-order valence-corrected chi connectivity index (χ3v) is 10.2. The molecule has 41 heavy (non-hydrogen) atoms. The van der Waals surface area contributed by atoms with Crippen LogP contribution in [0.2, 0.25) is 5.02 Å². The Labute approximate surface area is 246 Å². The maximum atomic E-state index is 13.5. The molecular formula is C29H30ClN3O6S2. The van der Waals surface area contributed by atoms with Crippen molar-refractivity contribution in [1.82, 2.24) is 9.88 Å². The lowest BCUT2D eigenvalue weighted by Crippen LogP contribution is -2.43. The van der Waals surface area contributed by atoms with Crippen molar-refractivity contribution in [3.63, 3.8) is 0 Å². The van der Waals surface area contributed by atoms with Crippen LogP contribution in [0.1, 0.15) is 36.8 Å². The van der Waals surface area contributed by atoms with Crippen molar-refractivity contribution in [2.45, 2.75) is 49.8 Å². The summed E-state index contributed by atoms with van der Waals surface area (Å²) in [5, 5.41) is 11.9. The van der Waals surface area contributed by atoms with Crippen LogP contribution in [0.3, 0.4) is 0 Å². The van der Waals surface area contributed by atoms with Gasteiger partial charge in [-0.05, 0) is 62.3 Å². The van der Waals surface area contributed by atoms with E-state index in [0.717, 1.165) is 41.7 Å². The van der Waals surface area contributed by atoms with Gasteiger partial charge in [-0.25, -0.2) is 13.2 Å². The molecule has 216 valence electrons. The summed E-state index contributed by atoms with van der Waals surface area (Å²) in [6.07, 6.45) is 1.98. The Bertz CT molecular complexity index is 1750. The van der Waals surface area contributed by atoms with Crippen molar-refractivity contribution < 1.29 is 23.1 Å². The molecule has 0 spiro atoms. The molecule has 12 heteroatoms. The minimum Gasteiger partial charge on any atom is -0.492 e. The number of ether oxygens (including phenoxy) is 1. The number of aromatic nitrogens is 1. The number of aromatic amines is 1. The number of hydrogen-bond acceptors (Lipinski definition) is 6. The molecule has 2 aromatic carbocycles. The third-order valence-electron chi connectivity index (χ3n) is 7.14. The van der Waals surface area contributed by atoms with Gasteiger partial charge < -0.3 is 19.7 Å². The van der Waals surface area contributed by atoms with E-state index in [1.54, 1.807) is 17.5 Å². The minimum atomic E-state index is -3.89. The molecule has 1 aliphatic rings. The fourth-order valence-electron chi connectivity index (χ4n) is 5.36. The quantitative estimate of drug-likeness (QED) is 0.204. The molecule has 3 heterocycles. The molecule has 5 rings (SSSR count). The Balaban J connectivity index is 1.60. The van der Waals surface area contributed by atoms with Gasteiger partial charge in [-0.1, -0.05) is 47.0 Å². The molecular weight excluding hydrogens is 586 g/mol. The van der Waals surface area contributed by atoms with Crippen molar-refractivity contribution >= 4 is 55.6 Å². The number of pyridine rings is 1. The molecule has 1 amide bonds. The molecule has 0 aliphatic carbocycles. The van der Waals surface area contributed by atoms with Crippen LogP contribution in [0.25, 0.3) is 22.0 Å². The lowest BCUT2D eigenvalue weighted by Gasteiger charge is -2.33. The van der Waals surface area contributed by atoms with Crippen molar-refractivity contribution in [2.75, 3.05) is 17.9 Å². The smallest absolute Gasteiger partial charge is 0.407 e. The van der Waals surface area contributed by atoms with E-state index >= 15 is 0 Å². The summed E-state index contributed by atoms with van der Waals surface area (Å²) in [5.74, 6) is 0.277. The number of sulfonamides is 1. The number of aryl methyl sites for hydroxylation is 2. The number of halogens is 1. The Morgan fingerprint density at radius 2 is 1.95 bits per heavy atom. The van der Waals surface area contributed by atoms with E-state index < -0.39 is 16.1 Å². The summed E-state index contributed by atoms with van der Waals surface area (Å²) in [5.41, 5.74) is 3.02. The van der Waals surface area contributed by atoms with Crippen molar-refractivity contribution in [2.24, 2.45) is 0 Å². The normalized spacial score (nSPS) is 15.7. The fourth-order valence-corrected chi connectivity index (χ4v) is 7.69. The summed E-state index contributed by atoms with van der Waals surface area (Å²) in [6, 6.07) is 11.8. The highest BCUT2D eigenvalue weighted by Gasteiger charge is 2.27. The molecule has 2 aromatic heterocycles. The van der Waals surface area contributed by atoms with Crippen molar-refractivity contribution in [3.05, 3.63) is 74.3 Å². The first-order valence-corrected chi connectivity index (χ1v) is 15.9. The van der Waals surface area contributed by atoms with Crippen LogP contribution >= 0.6 is 22.9 Å². The van der Waals surface area contributed by atoms with Crippen LogP contribution in [0.5, 0.6) is 5.75 Å². The molecule has 1 unspecified atom stereocenters. The van der Waals surface area contributed by atoms with Crippen LogP contribution in [0, 0.1) is 13.8 Å². The highest BCUT2D eigenvalue weighted by Crippen LogP contribution is 2.39. The summed E-state index contributed by atoms with van der Waals surface area (Å²) in [7, 11) is -3.89. The van der Waals surface area contributed by atoms with E-state index in [4.69, 9.17) is 16.3 Å². The summed E-state index contributed by atoms with van der Waals surface area (Å²) >= 11 is 7.56. The number of likely N-dealkylation sites (tertiary alicyclic amines) is 1. The highest BCUT2D eigenvalue weighted by atomic mass is 35.5. The van der Waals surface area contributed by atoms with Crippen molar-refractivity contribution in [1.29, 1.82) is 0 Å². The average molecular weight is 616 g/mol. The number of hydrogen-bond donors (Lipinski definition) is 3. The molecule has 4 aromatic rings. The number of carboxylic acid groups (broad SMARTS) is 1. The number of nitrogens with zero attached hydrogens (tertiary/aromatic N) is 1. The van der Waals surface area contributed by atoms with E-state index in [9.17, 15) is 23.1 Å². The van der Waals surface area contributed by atoms with Crippen molar-refractivity contribution in [3.8, 4) is 16.9 Å². The fraction of sp³-hybridized carbons (Fsp3) is 0.310. The van der Waals surface area contributed by atoms with Gasteiger partial charge in [0.25, 0.3) is 15.6 Å². The number of thiophene rings is 1. The number of H-pyrrole nitrogens is 1. The molecule has 1 aliphatic heterocycles. The Morgan fingerprint density at radius 3 is 2.63 bits per heavy atom. The van der Waals surface area contributed by atoms with Crippen LogP contribution in [0.4, 0.5) is 10.5 Å². The lowest BCUT2D eigenvalue weighted by molar-refractivity contribution is 0.0969. The summed E-state index contributed by atoms with van der Waals surface area (Å²) < 4.78 is 35.0. The lowest BCUT2D eigenvalue weighted by atomic mass is 9.98. The Kier molecular flexibility index (Phi) is 8.30. The third kappa shape index (κ3) is 6.22. The van der Waals surface area contributed by atoms with Gasteiger partial charge in [0.15, 0.2) is 0 Å². The first kappa shape index (κ1) is 29.0. The Morgan fingerprint density at radius 1 is 1.20 bits per heavy atom. The molecule has 9 nitrogen and oxygen atoms in total. The van der Waals surface area contributed by atoms with E-state index in [0.29, 0.717) is 35.0 Å². The van der Waals surface area contributed by atoms with Crippen LogP contribution in [-0.4, -0.2) is 48.7 Å². The number of benzene rings is 2. The van der Waals surface area contributed by atoms with E-state index in [-0.39, 0.29) is 38.9 Å². The summed E-state index contributed by atoms with van der Waals surface area (Å²) in [6.45, 7) is 4.51. The van der Waals surface area contributed by atoms with Gasteiger partial charge in [0.1, 0.15) is 9.96 Å². The highest BCUT2D eigenvalue weighted by molar-refractivity contribution is 7.94. The summed E-state index contributed by atoms with van der Waals surface area (Å²) in [4.78, 5) is 29.6. The molecule has 1 saturated heterocycles. The predicted molar refractivity (Wildman–Crippen MR) is 162 cm³/mol. The number of piperidine rings is 1. The van der Waals surface area contributed by atoms with Gasteiger partial charge in [-0.3, -0.25) is 9.52 Å². The average Bonchev–Trinajstić information content (AvgIpc) is 3.45. The topological polar surface area (TPSA) is 129 Å². The number of nitrogens with one attached hydrogen (secondary N) is 2. The molecule has 0 bridgehead atoms. The number of rotatable bonds is 8. The maximum absolute atomic E-state index is 13.5. The first-order chi connectivity index (χ1) is 19.5. The second-order valence-corrected chi connectivity index (χ2v) is 13.5. The number of fused-ring (bicyclic) bond motifs is 1. The standard InChI is InChI=1S/C29H30ClN3O6S2/c1-17-12-18(2)14-19(13-17)26-27(39-10-8-20-6-3-4-9-33(20)29(35)36)21-15-24(22(30)16-23(21)31-28(26)34)32-41(37,38)25-7-5-11-40-25/h5,7,11-16,20,32H,3-4,6,8-10H2,1-2H3,(H,31,34)(H,35,36). The van der Waals surface area contributed by atoms with E-state index in [1.807, 2.05) is 32.0 Å². The second-order valence-electron chi connectivity index (χ2n) is 10.2. The maximum Gasteiger partial charge on any atom is 0.407 e. The SMILES string of the molecule is Cc1cc(C)cc(-c2c(OCCC3CCCCN3C(=O)O)c3cc(NS(=O)(=O)c4cccs4)c(Cl)cc3[nH]c2=O)c1. The zero-order chi connectivity index (χ0) is 29.3. The van der Waals surface area contributed by atoms with Gasteiger partial charge in [0.2, 0.25) is 0 Å². The van der Waals surface area contributed by atoms with Crippen LogP contribution in [-0.2, 0) is 10.0 Å². The zero-order valence-corrected chi connectivity index (χ0v) is 25.0. The van der Waals surface area contributed by atoms with Gasteiger partial charge >= 0.3 is 6.09 Å². The van der Waals surface area contributed by atoms with E-state index in [2.05, 4.69) is 9.71 Å². The Hall–Kier alpha value is -3.54. The minimum absolute atomic E-state index is 0.109. The molecule has 3 N–H and O–H groups in total. The second kappa shape index (κ2) is 11.8.